The van der Waals surface area contributed by atoms with Crippen LogP contribution in [0.3, 0.4) is 0 Å². The summed E-state index contributed by atoms with van der Waals surface area (Å²) in [6.45, 7) is 4.46. The van der Waals surface area contributed by atoms with Gasteiger partial charge in [-0.25, -0.2) is 0 Å². The molecule has 1 heterocycles. The minimum absolute atomic E-state index is 0.0840. The van der Waals surface area contributed by atoms with Crippen molar-refractivity contribution in [2.24, 2.45) is 0 Å². The average molecular weight is 622 g/mol. The Balaban J connectivity index is 1.08. The third-order valence-electron chi connectivity index (χ3n) is 10.0. The zero-order chi connectivity index (χ0) is 39.8. The van der Waals surface area contributed by atoms with Crippen LogP contribution in [0.15, 0.2) is 158 Å². The molecule has 0 N–H and O–H groups in total. The summed E-state index contributed by atoms with van der Waals surface area (Å²) < 4.78 is 84.8. The largest absolute Gasteiger partial charge is 0.456 e. The lowest BCUT2D eigenvalue weighted by atomic mass is 9.82. The van der Waals surface area contributed by atoms with Gasteiger partial charge >= 0.3 is 0 Å². The molecule has 48 heavy (non-hydrogen) atoms. The molecule has 0 amide bonds. The molecule has 0 unspecified atom stereocenters. The van der Waals surface area contributed by atoms with Crippen LogP contribution in [0.5, 0.6) is 11.5 Å². The van der Waals surface area contributed by atoms with E-state index >= 15 is 0 Å². The van der Waals surface area contributed by atoms with Crippen molar-refractivity contribution >= 4 is 21.5 Å². The van der Waals surface area contributed by atoms with Crippen molar-refractivity contribution in [3.8, 4) is 67.1 Å². The molecule has 0 spiro atoms. The minimum atomic E-state index is -0.455. The van der Waals surface area contributed by atoms with Gasteiger partial charge in [-0.15, -0.1) is 0 Å². The van der Waals surface area contributed by atoms with Crippen LogP contribution in [0.1, 0.15) is 37.3 Å². The molecule has 0 radical (unpaired) electrons. The van der Waals surface area contributed by atoms with E-state index in [0.717, 1.165) is 27.3 Å². The zero-order valence-corrected chi connectivity index (χ0v) is 26.2. The molecule has 1 aliphatic carbocycles. The van der Waals surface area contributed by atoms with Gasteiger partial charge in [-0.05, 0) is 114 Å². The fraction of sp³-hybridized carbons (Fsp3) is 0.0638. The van der Waals surface area contributed by atoms with Crippen molar-refractivity contribution in [1.82, 2.24) is 0 Å². The Kier molecular flexibility index (Phi) is 4.11. The highest BCUT2D eigenvalue weighted by Crippen LogP contribution is 2.51. The predicted octanol–water partition coefficient (Wildman–Crippen LogP) is 13.1. The topological polar surface area (TPSA) is 9.23 Å². The molecule has 0 fully saturated rings. The SMILES string of the molecule is [2H]c1c([2H])c([2H])c(-c2ccc3c(c2)Oc2ccc(-c4c([2H])c([2H])c(-c5ccc6cc7c(cc6c5)C(C)(C)c5ccccc5-7)c([2H])c4[2H])c4cccc-3c24)c([2H])c1[2H]. The normalized spacial score (nSPS) is 16.2. The monoisotopic (exact) mass is 621 g/mol. The Morgan fingerprint density at radius 2 is 1.19 bits per heavy atom. The summed E-state index contributed by atoms with van der Waals surface area (Å²) in [6, 6.07) is 30.7. The Morgan fingerprint density at radius 3 is 2.06 bits per heavy atom. The molecule has 2 aliphatic rings. The first-order chi connectivity index (χ1) is 27.3. The second-order valence-electron chi connectivity index (χ2n) is 13.0. The Bertz CT molecular complexity index is 3070. The van der Waals surface area contributed by atoms with Crippen molar-refractivity contribution < 1.29 is 17.1 Å². The van der Waals surface area contributed by atoms with E-state index in [1.54, 1.807) is 30.3 Å². The number of rotatable bonds is 3. The lowest BCUT2D eigenvalue weighted by Crippen LogP contribution is -2.14. The minimum Gasteiger partial charge on any atom is -0.456 e. The Hall–Kier alpha value is -5.92. The number of hydrogen-bond donors (Lipinski definition) is 0. The molecule has 226 valence electrons. The summed E-state index contributed by atoms with van der Waals surface area (Å²) in [4.78, 5) is 0. The molecular weight excluding hydrogens is 581 g/mol. The zero-order valence-electron chi connectivity index (χ0n) is 35.2. The molecule has 0 atom stereocenters. The molecule has 1 aliphatic heterocycles. The van der Waals surface area contributed by atoms with E-state index in [9.17, 15) is 5.48 Å². The number of hydrogen-bond acceptors (Lipinski definition) is 1. The maximum atomic E-state index is 9.30. The number of benzene rings is 8. The summed E-state index contributed by atoms with van der Waals surface area (Å²) in [5, 5.41) is 3.44. The van der Waals surface area contributed by atoms with Gasteiger partial charge in [0.1, 0.15) is 11.5 Å². The molecule has 0 saturated heterocycles. The summed E-state index contributed by atoms with van der Waals surface area (Å²) in [7, 11) is 0. The summed E-state index contributed by atoms with van der Waals surface area (Å²) in [6.07, 6.45) is 0. The van der Waals surface area contributed by atoms with Crippen LogP contribution in [0.4, 0.5) is 0 Å². The van der Waals surface area contributed by atoms with Gasteiger partial charge in [-0.1, -0.05) is 135 Å². The lowest BCUT2D eigenvalue weighted by Gasteiger charge is -2.23. The Labute approximate surface area is 293 Å². The number of ether oxygens (including phenoxy) is 1. The van der Waals surface area contributed by atoms with Gasteiger partial charge < -0.3 is 4.74 Å². The third kappa shape index (κ3) is 3.98. The van der Waals surface area contributed by atoms with Gasteiger partial charge in [0.05, 0.1) is 12.3 Å². The van der Waals surface area contributed by atoms with E-state index in [4.69, 9.17) is 11.6 Å². The second-order valence-corrected chi connectivity index (χ2v) is 13.0. The van der Waals surface area contributed by atoms with Crippen LogP contribution < -0.4 is 4.74 Å². The Morgan fingerprint density at radius 1 is 0.458 bits per heavy atom. The summed E-state index contributed by atoms with van der Waals surface area (Å²) in [5.41, 5.74) is 8.38. The first-order valence-corrected chi connectivity index (χ1v) is 16.0. The quantitative estimate of drug-likeness (QED) is 0.191. The average Bonchev–Trinajstić information content (AvgIpc) is 3.43. The van der Waals surface area contributed by atoms with Crippen molar-refractivity contribution in [3.05, 3.63) is 169 Å². The van der Waals surface area contributed by atoms with Gasteiger partial charge in [0.25, 0.3) is 0 Å². The highest BCUT2D eigenvalue weighted by molar-refractivity contribution is 6.10. The van der Waals surface area contributed by atoms with Gasteiger partial charge in [-0.2, -0.15) is 0 Å². The van der Waals surface area contributed by atoms with Crippen LogP contribution in [0.25, 0.3) is 77.2 Å². The van der Waals surface area contributed by atoms with Crippen molar-refractivity contribution in [1.29, 1.82) is 0 Å². The van der Waals surface area contributed by atoms with E-state index in [1.165, 1.54) is 22.3 Å². The van der Waals surface area contributed by atoms with Gasteiger partial charge in [-0.3, -0.25) is 0 Å². The predicted molar refractivity (Wildman–Crippen MR) is 201 cm³/mol. The van der Waals surface area contributed by atoms with Crippen LogP contribution in [-0.4, -0.2) is 0 Å². The third-order valence-corrected chi connectivity index (χ3v) is 10.0. The molecule has 0 saturated carbocycles. The van der Waals surface area contributed by atoms with E-state index < -0.39 is 18.1 Å². The molecular formula is C47H32O. The highest BCUT2D eigenvalue weighted by atomic mass is 16.5. The van der Waals surface area contributed by atoms with Crippen LogP contribution in [-0.2, 0) is 5.41 Å². The summed E-state index contributed by atoms with van der Waals surface area (Å²) in [5.74, 6) is 0.963. The maximum absolute atomic E-state index is 9.30. The molecule has 10 rings (SSSR count). The van der Waals surface area contributed by atoms with Crippen molar-refractivity contribution in [3.63, 3.8) is 0 Å². The van der Waals surface area contributed by atoms with E-state index in [1.807, 2.05) is 36.4 Å². The van der Waals surface area contributed by atoms with Crippen LogP contribution >= 0.6 is 0 Å². The maximum Gasteiger partial charge on any atom is 0.135 e. The van der Waals surface area contributed by atoms with Gasteiger partial charge in [0, 0.05) is 16.4 Å². The molecule has 0 aromatic heterocycles. The van der Waals surface area contributed by atoms with E-state index in [2.05, 4.69) is 50.2 Å². The molecule has 1 nitrogen and oxygen atoms in total. The number of fused-ring (bicyclic) bond motifs is 6. The van der Waals surface area contributed by atoms with Crippen molar-refractivity contribution in [2.45, 2.75) is 19.3 Å². The standard InChI is InChI=1S/C47H32O/c1-47(2)42-14-7-6-11-37(42)41-26-33-20-19-32(25-35(33)27-43(41)47)30-15-17-31(18-16-30)36-23-24-44-46-39(36)12-8-13-40(46)38-22-21-34(28-45(38)48-44)29-9-4-3-5-10-29/h3-28H,1-2H3/i3D,4D,5D,9D,10D,15D,16D,17D,18D. The van der Waals surface area contributed by atoms with Gasteiger partial charge in [0.2, 0.25) is 0 Å². The fourth-order valence-electron chi connectivity index (χ4n) is 7.59. The second kappa shape index (κ2) is 10.0. The van der Waals surface area contributed by atoms with E-state index in [-0.39, 0.29) is 58.4 Å². The first kappa shape index (κ1) is 19.7. The molecule has 0 bridgehead atoms. The van der Waals surface area contributed by atoms with Gasteiger partial charge in [0.15, 0.2) is 0 Å². The first-order valence-electron chi connectivity index (χ1n) is 20.5. The van der Waals surface area contributed by atoms with Crippen LogP contribution in [0.2, 0.25) is 0 Å². The van der Waals surface area contributed by atoms with Crippen molar-refractivity contribution in [2.75, 3.05) is 0 Å². The molecule has 8 aromatic rings. The lowest BCUT2D eigenvalue weighted by molar-refractivity contribution is 0.487. The molecule has 8 aromatic carbocycles. The highest BCUT2D eigenvalue weighted by Gasteiger charge is 2.35. The molecule has 1 heteroatoms. The smallest absolute Gasteiger partial charge is 0.135 e. The summed E-state index contributed by atoms with van der Waals surface area (Å²) >= 11 is 0. The van der Waals surface area contributed by atoms with E-state index in [0.29, 0.717) is 33.6 Å². The fourth-order valence-corrected chi connectivity index (χ4v) is 7.59. The van der Waals surface area contributed by atoms with Crippen LogP contribution in [0, 0.1) is 0 Å².